The number of benzene rings is 3. The summed E-state index contributed by atoms with van der Waals surface area (Å²) in [7, 11) is 1.59. The lowest BCUT2D eigenvalue weighted by Gasteiger charge is -2.14. The number of fused-ring (bicyclic) bond motifs is 1. The van der Waals surface area contributed by atoms with E-state index in [1.165, 1.54) is 0 Å². The van der Waals surface area contributed by atoms with Crippen LogP contribution in [0.5, 0.6) is 11.5 Å². The summed E-state index contributed by atoms with van der Waals surface area (Å²) in [5.74, 6) is 1.05. The van der Waals surface area contributed by atoms with E-state index in [9.17, 15) is 4.79 Å². The number of amides is 1. The number of carbonyl (C=O) groups excluding carboxylic acids is 1. The van der Waals surface area contributed by atoms with E-state index in [2.05, 4.69) is 21.2 Å². The van der Waals surface area contributed by atoms with Gasteiger partial charge in [0.2, 0.25) is 0 Å². The maximum Gasteiger partial charge on any atom is 0.256 e. The minimum absolute atomic E-state index is 0.121. The van der Waals surface area contributed by atoms with Crippen molar-refractivity contribution in [2.45, 2.75) is 6.61 Å². The molecular formula is C23H17BrClNO3. The van der Waals surface area contributed by atoms with Crippen molar-refractivity contribution in [3.05, 3.63) is 86.8 Å². The molecule has 146 valence electrons. The zero-order chi connectivity index (χ0) is 20.4. The first-order valence-corrected chi connectivity index (χ1v) is 10.1. The topological polar surface area (TPSA) is 47.6 Å². The van der Waals surface area contributed by atoms with Crippen LogP contribution in [0.1, 0.15) is 16.7 Å². The Morgan fingerprint density at radius 1 is 1.10 bits per heavy atom. The quantitative estimate of drug-likeness (QED) is 0.453. The average molecular weight is 471 g/mol. The molecule has 0 saturated heterocycles. The van der Waals surface area contributed by atoms with Crippen molar-refractivity contribution in [1.29, 1.82) is 0 Å². The van der Waals surface area contributed by atoms with E-state index in [0.717, 1.165) is 26.9 Å². The third-order valence-corrected chi connectivity index (χ3v) is 5.41. The van der Waals surface area contributed by atoms with Crippen molar-refractivity contribution in [1.82, 2.24) is 0 Å². The Kier molecular flexibility index (Phi) is 5.60. The zero-order valence-corrected chi connectivity index (χ0v) is 17.9. The molecule has 0 unspecified atom stereocenters. The van der Waals surface area contributed by atoms with Crippen LogP contribution in [0.25, 0.3) is 11.6 Å². The van der Waals surface area contributed by atoms with Crippen LogP contribution in [-0.4, -0.2) is 13.0 Å². The fourth-order valence-corrected chi connectivity index (χ4v) is 3.85. The van der Waals surface area contributed by atoms with Crippen molar-refractivity contribution >= 4 is 50.8 Å². The minimum atomic E-state index is -0.121. The Balaban J connectivity index is 1.63. The summed E-state index contributed by atoms with van der Waals surface area (Å²) in [4.78, 5) is 12.4. The first-order valence-electron chi connectivity index (χ1n) is 8.92. The second-order valence-electron chi connectivity index (χ2n) is 6.51. The number of hydrogen-bond donors (Lipinski definition) is 1. The fourth-order valence-electron chi connectivity index (χ4n) is 3.15. The Morgan fingerprint density at radius 3 is 2.62 bits per heavy atom. The number of methoxy groups -OCH3 is 1. The smallest absolute Gasteiger partial charge is 0.256 e. The van der Waals surface area contributed by atoms with Gasteiger partial charge in [-0.15, -0.1) is 0 Å². The summed E-state index contributed by atoms with van der Waals surface area (Å²) < 4.78 is 12.2. The van der Waals surface area contributed by atoms with Gasteiger partial charge in [-0.2, -0.15) is 0 Å². The molecule has 29 heavy (non-hydrogen) atoms. The number of rotatable bonds is 5. The van der Waals surface area contributed by atoms with E-state index in [1.807, 2.05) is 66.7 Å². The molecule has 0 radical (unpaired) electrons. The third-order valence-electron chi connectivity index (χ3n) is 4.57. The van der Waals surface area contributed by atoms with Crippen molar-refractivity contribution in [3.8, 4) is 11.5 Å². The number of hydrogen-bond acceptors (Lipinski definition) is 3. The zero-order valence-electron chi connectivity index (χ0n) is 15.5. The normalized spacial score (nSPS) is 13.9. The van der Waals surface area contributed by atoms with Crippen LogP contribution in [0, 0.1) is 0 Å². The molecule has 0 spiro atoms. The summed E-state index contributed by atoms with van der Waals surface area (Å²) in [5, 5.41) is 3.56. The van der Waals surface area contributed by atoms with Crippen molar-refractivity contribution in [2.75, 3.05) is 12.4 Å². The van der Waals surface area contributed by atoms with Gasteiger partial charge in [0.25, 0.3) is 5.91 Å². The second kappa shape index (κ2) is 8.31. The van der Waals surface area contributed by atoms with Gasteiger partial charge < -0.3 is 14.8 Å². The van der Waals surface area contributed by atoms with Gasteiger partial charge >= 0.3 is 0 Å². The molecule has 0 aromatic heterocycles. The standard InChI is InChI=1S/C23H17BrClNO3/c1-28-21-12-15(10-18-17-4-2-3-5-20(17)26-23(18)27)11-19(24)22(21)29-13-14-6-8-16(25)9-7-14/h2-12H,13H2,1H3,(H,26,27)/b18-10-. The molecule has 1 aliphatic rings. The Bertz CT molecular complexity index is 1110. The first-order chi connectivity index (χ1) is 14.0. The SMILES string of the molecule is COc1cc(/C=C2\C(=O)Nc3ccccc32)cc(Br)c1OCc1ccc(Cl)cc1. The van der Waals surface area contributed by atoms with E-state index in [1.54, 1.807) is 7.11 Å². The van der Waals surface area contributed by atoms with Gasteiger partial charge in [0.05, 0.1) is 11.6 Å². The highest BCUT2D eigenvalue weighted by Crippen LogP contribution is 2.39. The van der Waals surface area contributed by atoms with E-state index in [4.69, 9.17) is 21.1 Å². The lowest BCUT2D eigenvalue weighted by Crippen LogP contribution is -2.03. The number of anilines is 1. The predicted octanol–water partition coefficient (Wildman–Crippen LogP) is 6.18. The summed E-state index contributed by atoms with van der Waals surface area (Å²) in [5.41, 5.74) is 4.14. The molecule has 3 aromatic rings. The Labute approximate surface area is 182 Å². The first kappa shape index (κ1) is 19.6. The molecule has 1 amide bonds. The van der Waals surface area contributed by atoms with Crippen LogP contribution in [-0.2, 0) is 11.4 Å². The van der Waals surface area contributed by atoms with Gasteiger partial charge in [-0.3, -0.25) is 4.79 Å². The van der Waals surface area contributed by atoms with Gasteiger partial charge in [-0.05, 0) is 63.5 Å². The molecule has 0 atom stereocenters. The van der Waals surface area contributed by atoms with Crippen LogP contribution >= 0.6 is 27.5 Å². The molecule has 3 aromatic carbocycles. The third kappa shape index (κ3) is 4.16. The van der Waals surface area contributed by atoms with Crippen molar-refractivity contribution in [2.24, 2.45) is 0 Å². The summed E-state index contributed by atoms with van der Waals surface area (Å²) >= 11 is 9.49. The number of halogens is 2. The van der Waals surface area contributed by atoms with E-state index < -0.39 is 0 Å². The maximum absolute atomic E-state index is 12.4. The second-order valence-corrected chi connectivity index (χ2v) is 7.80. The number of ether oxygens (including phenoxy) is 2. The highest BCUT2D eigenvalue weighted by Gasteiger charge is 2.23. The van der Waals surface area contributed by atoms with Crippen LogP contribution in [0.2, 0.25) is 5.02 Å². The summed E-state index contributed by atoms with van der Waals surface area (Å²) in [6.07, 6.45) is 1.84. The predicted molar refractivity (Wildman–Crippen MR) is 119 cm³/mol. The molecular weight excluding hydrogens is 454 g/mol. The molecule has 4 nitrogen and oxygen atoms in total. The van der Waals surface area contributed by atoms with Gasteiger partial charge in [0.15, 0.2) is 11.5 Å². The Hall–Kier alpha value is -2.76. The summed E-state index contributed by atoms with van der Waals surface area (Å²) in [6.45, 7) is 0.377. The van der Waals surface area contributed by atoms with E-state index in [-0.39, 0.29) is 5.91 Å². The fraction of sp³-hybridized carbons (Fsp3) is 0.0870. The van der Waals surface area contributed by atoms with E-state index >= 15 is 0 Å². The molecule has 0 aliphatic carbocycles. The van der Waals surface area contributed by atoms with Crippen LogP contribution < -0.4 is 14.8 Å². The van der Waals surface area contributed by atoms with Gasteiger partial charge in [0, 0.05) is 21.8 Å². The van der Waals surface area contributed by atoms with Gasteiger partial charge in [0.1, 0.15) is 6.61 Å². The van der Waals surface area contributed by atoms with Gasteiger partial charge in [-0.1, -0.05) is 41.9 Å². The summed E-state index contributed by atoms with van der Waals surface area (Å²) in [6, 6.07) is 18.9. The maximum atomic E-state index is 12.4. The highest BCUT2D eigenvalue weighted by molar-refractivity contribution is 9.10. The van der Waals surface area contributed by atoms with Crippen LogP contribution in [0.15, 0.2) is 65.1 Å². The number of carbonyl (C=O) groups is 1. The van der Waals surface area contributed by atoms with Crippen molar-refractivity contribution in [3.63, 3.8) is 0 Å². The monoisotopic (exact) mass is 469 g/mol. The van der Waals surface area contributed by atoms with E-state index in [0.29, 0.717) is 28.7 Å². The van der Waals surface area contributed by atoms with Gasteiger partial charge in [-0.25, -0.2) is 0 Å². The molecule has 0 bridgehead atoms. The highest BCUT2D eigenvalue weighted by atomic mass is 79.9. The number of para-hydroxylation sites is 1. The molecule has 0 fully saturated rings. The number of nitrogens with one attached hydrogen (secondary N) is 1. The molecule has 4 rings (SSSR count). The molecule has 6 heteroatoms. The van der Waals surface area contributed by atoms with Crippen molar-refractivity contribution < 1.29 is 14.3 Å². The van der Waals surface area contributed by atoms with Crippen LogP contribution in [0.3, 0.4) is 0 Å². The molecule has 1 aliphatic heterocycles. The minimum Gasteiger partial charge on any atom is -0.493 e. The molecule has 1 N–H and O–H groups in total. The average Bonchev–Trinajstić information content (AvgIpc) is 3.03. The Morgan fingerprint density at radius 2 is 1.86 bits per heavy atom. The molecule has 0 saturated carbocycles. The lowest BCUT2D eigenvalue weighted by atomic mass is 10.0. The molecule has 1 heterocycles. The van der Waals surface area contributed by atoms with Crippen LogP contribution in [0.4, 0.5) is 5.69 Å². The largest absolute Gasteiger partial charge is 0.493 e. The lowest BCUT2D eigenvalue weighted by molar-refractivity contribution is -0.110.